The maximum absolute atomic E-state index is 9.37. The molecule has 0 radical (unpaired) electrons. The number of hydrogen-bond donors (Lipinski definition) is 4. The molecule has 0 aromatic heterocycles. The van der Waals surface area contributed by atoms with Crippen molar-refractivity contribution in [3.8, 4) is 0 Å². The molecular formula is C48H96N2O6. The van der Waals surface area contributed by atoms with Crippen LogP contribution < -0.4 is 5.73 Å². The van der Waals surface area contributed by atoms with Crippen molar-refractivity contribution in [2.24, 2.45) is 5.73 Å². The molecule has 0 rings (SSSR count). The van der Waals surface area contributed by atoms with Gasteiger partial charge in [0.05, 0.1) is 0 Å². The Kier molecular flexibility index (Phi) is 59.3. The van der Waals surface area contributed by atoms with Gasteiger partial charge in [-0.15, -0.1) is 0 Å². The second-order valence-electron chi connectivity index (χ2n) is 15.4. The van der Waals surface area contributed by atoms with Crippen LogP contribution in [0.2, 0.25) is 0 Å². The number of carbonyl (C=O) groups is 3. The van der Waals surface area contributed by atoms with Gasteiger partial charge >= 0.3 is 17.9 Å². The number of hydrogen-bond acceptors (Lipinski definition) is 5. The molecule has 0 aliphatic carbocycles. The molecule has 0 heterocycles. The van der Waals surface area contributed by atoms with Crippen molar-refractivity contribution in [2.45, 2.75) is 247 Å². The second kappa shape index (κ2) is 54.9. The first-order valence-electron chi connectivity index (χ1n) is 23.4. The highest BCUT2D eigenvalue weighted by atomic mass is 16.4. The largest absolute Gasteiger partial charge is 0.481 e. The minimum Gasteiger partial charge on any atom is -0.481 e. The summed E-state index contributed by atoms with van der Waals surface area (Å²) in [6, 6.07) is 0.290. The van der Waals surface area contributed by atoms with Gasteiger partial charge in [-0.2, -0.15) is 0 Å². The number of unbranched alkanes of at least 4 members (excludes halogenated alkanes) is 24. The van der Waals surface area contributed by atoms with Gasteiger partial charge in [0.1, 0.15) is 0 Å². The van der Waals surface area contributed by atoms with Crippen molar-refractivity contribution in [3.05, 3.63) is 24.3 Å². The van der Waals surface area contributed by atoms with Gasteiger partial charge < -0.3 is 26.0 Å². The Hall–Kier alpha value is -2.19. The predicted octanol–water partition coefficient (Wildman–Crippen LogP) is 14.2. The monoisotopic (exact) mass is 797 g/mol. The summed E-state index contributed by atoms with van der Waals surface area (Å²) in [7, 11) is 0. The molecule has 0 fully saturated rings. The lowest BCUT2D eigenvalue weighted by molar-refractivity contribution is -0.137. The molecule has 334 valence electrons. The van der Waals surface area contributed by atoms with Crippen molar-refractivity contribution < 1.29 is 29.7 Å². The highest BCUT2D eigenvalue weighted by molar-refractivity contribution is 5.66. The maximum Gasteiger partial charge on any atom is 0.303 e. The topological polar surface area (TPSA) is 141 Å². The minimum absolute atomic E-state index is 0.222. The van der Waals surface area contributed by atoms with E-state index in [0.29, 0.717) is 6.04 Å². The quantitative estimate of drug-likeness (QED) is 0.0360. The molecule has 0 amide bonds. The molecule has 5 N–H and O–H groups in total. The van der Waals surface area contributed by atoms with Gasteiger partial charge in [0, 0.05) is 31.8 Å². The predicted molar refractivity (Wildman–Crippen MR) is 243 cm³/mol. The molecule has 1 atom stereocenters. The molecule has 8 nitrogen and oxygen atoms in total. The Morgan fingerprint density at radius 1 is 0.429 bits per heavy atom. The zero-order chi connectivity index (χ0) is 42.8. The zero-order valence-corrected chi connectivity index (χ0v) is 38.0. The summed E-state index contributed by atoms with van der Waals surface area (Å²) in [5.41, 5.74) is 6.16. The van der Waals surface area contributed by atoms with Gasteiger partial charge in [0.2, 0.25) is 0 Å². The van der Waals surface area contributed by atoms with E-state index in [-0.39, 0.29) is 19.3 Å². The van der Waals surface area contributed by atoms with Crippen LogP contribution >= 0.6 is 0 Å². The first-order chi connectivity index (χ1) is 27.0. The van der Waals surface area contributed by atoms with E-state index in [1.54, 1.807) is 20.8 Å². The van der Waals surface area contributed by atoms with Crippen LogP contribution in [0.15, 0.2) is 24.3 Å². The van der Waals surface area contributed by atoms with Crippen LogP contribution in [0, 0.1) is 0 Å². The number of nitrogens with zero attached hydrogens (tertiary/aromatic N) is 1. The number of carboxylic acids is 3. The normalized spacial score (nSPS) is 11.4. The molecule has 0 bridgehead atoms. The van der Waals surface area contributed by atoms with Crippen molar-refractivity contribution in [3.63, 3.8) is 0 Å². The molecule has 8 heteroatoms. The van der Waals surface area contributed by atoms with Crippen LogP contribution in [0.25, 0.3) is 0 Å². The van der Waals surface area contributed by atoms with Crippen LogP contribution in [-0.4, -0.2) is 63.8 Å². The second-order valence-corrected chi connectivity index (χ2v) is 15.4. The summed E-state index contributed by atoms with van der Waals surface area (Å²) in [4.78, 5) is 30.8. The first-order valence-corrected chi connectivity index (χ1v) is 23.4. The van der Waals surface area contributed by atoms with Gasteiger partial charge in [-0.25, -0.2) is 0 Å². The lowest BCUT2D eigenvalue weighted by Gasteiger charge is -2.24. The third-order valence-corrected chi connectivity index (χ3v) is 9.43. The van der Waals surface area contributed by atoms with Gasteiger partial charge in [-0.05, 0) is 84.2 Å². The van der Waals surface area contributed by atoms with E-state index >= 15 is 0 Å². The number of nitrogens with two attached hydrogens (primary N) is 1. The van der Waals surface area contributed by atoms with E-state index in [1.165, 1.54) is 193 Å². The number of carboxylic acid groups (broad SMARTS) is 3. The lowest BCUT2D eigenvalue weighted by Crippen LogP contribution is -2.36. The molecule has 0 aromatic rings. The lowest BCUT2D eigenvalue weighted by atomic mass is 10.1. The zero-order valence-electron chi connectivity index (χ0n) is 38.0. The summed E-state index contributed by atoms with van der Waals surface area (Å²) >= 11 is 0. The summed E-state index contributed by atoms with van der Waals surface area (Å²) in [6.07, 6.45) is 49.1. The third kappa shape index (κ3) is 69.7. The fourth-order valence-electron chi connectivity index (χ4n) is 5.87. The summed E-state index contributed by atoms with van der Waals surface area (Å²) < 4.78 is 0. The van der Waals surface area contributed by atoms with E-state index in [4.69, 9.17) is 21.1 Å². The highest BCUT2D eigenvalue weighted by Gasteiger charge is 2.07. The Morgan fingerprint density at radius 3 is 0.857 bits per heavy atom. The van der Waals surface area contributed by atoms with Gasteiger partial charge in [-0.1, -0.05) is 174 Å². The Bertz CT molecular complexity index is 770. The van der Waals surface area contributed by atoms with Gasteiger partial charge in [0.25, 0.3) is 0 Å². The van der Waals surface area contributed by atoms with Gasteiger partial charge in [-0.3, -0.25) is 14.4 Å². The SMILES string of the molecule is CCC(=O)O.CCC(=O)O.CCC(=O)O.CCCCCCCCC=CCCCCCCCCN(CCCCCCCCC=CCCCCCCCC)CC(C)N. The molecule has 0 aliphatic rings. The average Bonchev–Trinajstić information content (AvgIpc) is 3.17. The van der Waals surface area contributed by atoms with Crippen LogP contribution in [0.5, 0.6) is 0 Å². The molecule has 0 aromatic carbocycles. The van der Waals surface area contributed by atoms with Crippen molar-refractivity contribution in [2.75, 3.05) is 19.6 Å². The van der Waals surface area contributed by atoms with E-state index in [1.807, 2.05) is 0 Å². The Morgan fingerprint density at radius 2 is 0.643 bits per heavy atom. The Labute approximate surface area is 347 Å². The van der Waals surface area contributed by atoms with Crippen LogP contribution in [0.3, 0.4) is 0 Å². The van der Waals surface area contributed by atoms with Crippen LogP contribution in [-0.2, 0) is 14.4 Å². The van der Waals surface area contributed by atoms with Crippen LogP contribution in [0.4, 0.5) is 0 Å². The summed E-state index contributed by atoms with van der Waals surface area (Å²) in [6.45, 7) is 15.1. The first kappa shape index (κ1) is 60.5. The number of allylic oxidation sites excluding steroid dienone is 4. The molecule has 1 unspecified atom stereocenters. The third-order valence-electron chi connectivity index (χ3n) is 9.43. The van der Waals surface area contributed by atoms with Crippen molar-refractivity contribution in [1.29, 1.82) is 0 Å². The average molecular weight is 797 g/mol. The summed E-state index contributed by atoms with van der Waals surface area (Å²) in [5, 5.41) is 23.2. The van der Waals surface area contributed by atoms with Gasteiger partial charge in [0.15, 0.2) is 0 Å². The number of aliphatic carboxylic acids is 3. The molecular weight excluding hydrogens is 701 g/mol. The van der Waals surface area contributed by atoms with E-state index in [9.17, 15) is 14.4 Å². The molecule has 0 spiro atoms. The van der Waals surface area contributed by atoms with E-state index in [2.05, 4.69) is 50.0 Å². The molecule has 56 heavy (non-hydrogen) atoms. The molecule has 0 aliphatic heterocycles. The number of rotatable bonds is 37. The summed E-state index contributed by atoms with van der Waals surface area (Å²) in [5.74, 6) is -2.24. The Balaban J connectivity index is -0.000000755. The fraction of sp³-hybridized carbons (Fsp3) is 0.854. The standard InChI is InChI=1S/C39H78N2.3C3H6O2/c1-4-6-8-10-12-14-16-18-20-22-24-26-28-30-32-34-36-41(38-39(3)40)37-35-33-31-29-27-25-23-21-19-17-15-13-11-9-7-5-2;3*1-2-3(4)5/h18-21,39H,4-17,22-38,40H2,1-3H3;3*2H2,1H3,(H,4,5). The van der Waals surface area contributed by atoms with E-state index < -0.39 is 17.9 Å². The fourth-order valence-corrected chi connectivity index (χ4v) is 5.87. The van der Waals surface area contributed by atoms with Crippen LogP contribution in [0.1, 0.15) is 241 Å². The molecule has 0 saturated heterocycles. The minimum atomic E-state index is -0.745. The molecule has 0 saturated carbocycles. The highest BCUT2D eigenvalue weighted by Crippen LogP contribution is 2.13. The maximum atomic E-state index is 9.37. The van der Waals surface area contributed by atoms with Crippen molar-refractivity contribution >= 4 is 17.9 Å². The van der Waals surface area contributed by atoms with Crippen molar-refractivity contribution in [1.82, 2.24) is 4.90 Å². The van der Waals surface area contributed by atoms with E-state index in [0.717, 1.165) is 6.54 Å². The smallest absolute Gasteiger partial charge is 0.303 e.